The summed E-state index contributed by atoms with van der Waals surface area (Å²) >= 11 is 0. The van der Waals surface area contributed by atoms with Crippen LogP contribution in [-0.2, 0) is 59.2 Å². The van der Waals surface area contributed by atoms with Crippen molar-refractivity contribution in [1.29, 1.82) is 0 Å². The molecule has 0 saturated carbocycles. The van der Waals surface area contributed by atoms with Gasteiger partial charge in [-0.2, -0.15) is 0 Å². The molecule has 10 atom stereocenters. The van der Waals surface area contributed by atoms with Gasteiger partial charge in [0.25, 0.3) is 0 Å². The van der Waals surface area contributed by atoms with Crippen molar-refractivity contribution in [3.63, 3.8) is 0 Å². The van der Waals surface area contributed by atoms with Crippen LogP contribution in [0.5, 0.6) is 5.75 Å². The molecule has 82 heavy (non-hydrogen) atoms. The molecule has 460 valence electrons. The van der Waals surface area contributed by atoms with Crippen LogP contribution < -0.4 is 82.7 Å². The molecule has 0 saturated heterocycles. The van der Waals surface area contributed by atoms with Crippen LogP contribution in [0.1, 0.15) is 119 Å². The molecule has 0 radical (unpaired) electrons. The molecule has 11 amide bonds. The minimum absolute atomic E-state index is 0.000556. The maximum absolute atomic E-state index is 14.3. The number of primary amides is 3. The second kappa shape index (κ2) is 36.1. The summed E-state index contributed by atoms with van der Waals surface area (Å²) in [5.74, 6) is -11.9. The Morgan fingerprint density at radius 3 is 1.29 bits per heavy atom. The third kappa shape index (κ3) is 28.2. The highest BCUT2D eigenvalue weighted by molar-refractivity contribution is 5.99. The first-order chi connectivity index (χ1) is 38.2. The fourth-order valence-corrected chi connectivity index (χ4v) is 8.22. The van der Waals surface area contributed by atoms with Gasteiger partial charge >= 0.3 is 0 Å². The Kier molecular flexibility index (Phi) is 31.6. The van der Waals surface area contributed by atoms with E-state index < -0.39 is 151 Å². The van der Waals surface area contributed by atoms with Crippen LogP contribution in [-0.4, -0.2) is 155 Å². The van der Waals surface area contributed by atoms with E-state index in [9.17, 15) is 63.0 Å². The number of nitrogens with one attached hydrogen (secondary N) is 8. The first kappa shape index (κ1) is 71.7. The summed E-state index contributed by atoms with van der Waals surface area (Å²) < 4.78 is 0. The number of nitrogens with two attached hydrogens (primary N) is 7. The van der Waals surface area contributed by atoms with E-state index in [1.807, 2.05) is 13.8 Å². The average molecular weight is 1160 g/mol. The number of carbonyl (C=O) groups excluding carboxylic acids is 11. The number of aliphatic imine (C=N–C) groups is 2. The fraction of sp³-hybridized carbons (Fsp3) is 0.635. The molecule has 0 fully saturated rings. The lowest BCUT2D eigenvalue weighted by molar-refractivity contribution is -0.138. The van der Waals surface area contributed by atoms with Gasteiger partial charge in [-0.3, -0.25) is 62.7 Å². The van der Waals surface area contributed by atoms with E-state index in [0.29, 0.717) is 12.0 Å². The highest BCUT2D eigenvalue weighted by Crippen LogP contribution is 2.15. The summed E-state index contributed by atoms with van der Waals surface area (Å²) in [7, 11) is 0. The third-order valence-corrected chi connectivity index (χ3v) is 12.5. The molecule has 1 aromatic carbocycles. The monoisotopic (exact) mass is 1160 g/mol. The number of aliphatic hydroxyl groups is 1. The zero-order valence-corrected chi connectivity index (χ0v) is 48.1. The number of nitrogens with zero attached hydrogens (tertiary/aromatic N) is 2. The number of benzene rings is 1. The van der Waals surface area contributed by atoms with Crippen LogP contribution in [0.25, 0.3) is 0 Å². The molecule has 0 spiro atoms. The summed E-state index contributed by atoms with van der Waals surface area (Å²) in [4.78, 5) is 156. The Morgan fingerprint density at radius 1 is 0.463 bits per heavy atom. The summed E-state index contributed by atoms with van der Waals surface area (Å²) in [6.45, 7) is 13.2. The molecule has 0 bridgehead atoms. The van der Waals surface area contributed by atoms with Gasteiger partial charge in [0.2, 0.25) is 65.0 Å². The molecule has 30 heteroatoms. The molecular weight excluding hydrogens is 1070 g/mol. The number of phenolic OH excluding ortho intramolecular Hbond substituents is 1. The fourth-order valence-electron chi connectivity index (χ4n) is 8.22. The molecule has 30 nitrogen and oxygen atoms in total. The Morgan fingerprint density at radius 2 is 0.866 bits per heavy atom. The Bertz CT molecular complexity index is 2390. The van der Waals surface area contributed by atoms with Gasteiger partial charge in [-0.1, -0.05) is 60.6 Å². The summed E-state index contributed by atoms with van der Waals surface area (Å²) in [6, 6.07) is -6.23. The number of rotatable bonds is 38. The van der Waals surface area contributed by atoms with Crippen LogP contribution in [0.3, 0.4) is 0 Å². The van der Waals surface area contributed by atoms with E-state index in [0.717, 1.165) is 6.92 Å². The first-order valence-electron chi connectivity index (χ1n) is 27.1. The van der Waals surface area contributed by atoms with Crippen molar-refractivity contribution in [3.05, 3.63) is 29.8 Å². The van der Waals surface area contributed by atoms with Crippen molar-refractivity contribution in [2.45, 2.75) is 174 Å². The van der Waals surface area contributed by atoms with Gasteiger partial charge in [-0.25, -0.2) is 0 Å². The van der Waals surface area contributed by atoms with Gasteiger partial charge in [-0.15, -0.1) is 0 Å². The van der Waals surface area contributed by atoms with Gasteiger partial charge in [0, 0.05) is 31.8 Å². The summed E-state index contributed by atoms with van der Waals surface area (Å²) in [5, 5.41) is 40.8. The van der Waals surface area contributed by atoms with E-state index >= 15 is 0 Å². The molecule has 1 rings (SSSR count). The number of hydrogen-bond acceptors (Lipinski definition) is 15. The number of amides is 11. The van der Waals surface area contributed by atoms with Crippen molar-refractivity contribution in [1.82, 2.24) is 42.5 Å². The lowest BCUT2D eigenvalue weighted by Gasteiger charge is -2.30. The quantitative estimate of drug-likeness (QED) is 0.0168. The number of aliphatic hydroxyl groups excluding tert-OH is 1. The summed E-state index contributed by atoms with van der Waals surface area (Å²) in [6.07, 6.45) is -3.02. The molecule has 0 heterocycles. The largest absolute Gasteiger partial charge is 0.508 e. The maximum Gasteiger partial charge on any atom is 0.245 e. The van der Waals surface area contributed by atoms with Gasteiger partial charge in [0.1, 0.15) is 54.1 Å². The van der Waals surface area contributed by atoms with E-state index in [4.69, 9.17) is 40.1 Å². The van der Waals surface area contributed by atoms with Crippen LogP contribution in [0.15, 0.2) is 34.3 Å². The minimum atomic E-state index is -1.81. The smallest absolute Gasteiger partial charge is 0.245 e. The zero-order chi connectivity index (χ0) is 62.6. The SMILES string of the molecule is CC(C)C[C@H](NC(=O)C(CC(N)=O)NC(=O)[C@@H](C)CC(C)C)C(=O)N[C@H](C(=O)N[C@H](C(=O)N[C@@H](CCCN=C(N)N)C(=O)N[C@@H](CCC(N)=O)C(=O)N[C@@H](CCCN=C(N)N)C(=O)N[C@@H](Cc1ccc(O)cc1)C(N)=O)[C@@H](C)O)C(C)C. The second-order valence-corrected chi connectivity index (χ2v) is 21.3. The Labute approximate surface area is 477 Å². The maximum atomic E-state index is 14.3. The lowest BCUT2D eigenvalue weighted by atomic mass is 9.97. The predicted octanol–water partition coefficient (Wildman–Crippen LogP) is -4.69. The molecule has 0 aliphatic rings. The minimum Gasteiger partial charge on any atom is -0.508 e. The van der Waals surface area contributed by atoms with Crippen LogP contribution >= 0.6 is 0 Å². The lowest BCUT2D eigenvalue weighted by Crippen LogP contribution is -2.62. The van der Waals surface area contributed by atoms with Gasteiger partial charge in [-0.05, 0) is 87.3 Å². The normalized spacial score (nSPS) is 14.8. The van der Waals surface area contributed by atoms with Crippen LogP contribution in [0, 0.1) is 23.7 Å². The van der Waals surface area contributed by atoms with E-state index in [1.165, 1.54) is 24.3 Å². The molecular formula is C52H89N17O13. The van der Waals surface area contributed by atoms with E-state index in [2.05, 4.69) is 52.5 Å². The Hall–Kier alpha value is -8.31. The van der Waals surface area contributed by atoms with Crippen LogP contribution in [0.2, 0.25) is 0 Å². The van der Waals surface area contributed by atoms with Crippen molar-refractivity contribution < 1.29 is 63.0 Å². The van der Waals surface area contributed by atoms with Gasteiger partial charge in [0.15, 0.2) is 11.9 Å². The Balaban J connectivity index is 3.57. The molecule has 24 N–H and O–H groups in total. The topological polar surface area (TPSA) is 531 Å². The number of carbonyl (C=O) groups is 11. The van der Waals surface area contributed by atoms with Crippen molar-refractivity contribution in [2.75, 3.05) is 13.1 Å². The van der Waals surface area contributed by atoms with Crippen molar-refractivity contribution >= 4 is 76.9 Å². The molecule has 0 aliphatic heterocycles. The molecule has 0 aromatic heterocycles. The average Bonchev–Trinajstić information content (AvgIpc) is 3.36. The second-order valence-electron chi connectivity index (χ2n) is 21.3. The highest BCUT2D eigenvalue weighted by atomic mass is 16.3. The standard InChI is InChI=1S/C52H89N17O13/c1-25(2)21-28(7)43(75)66-37(24-39(54)73)47(79)67-36(22-26(3)4)48(80)68-40(27(5)6)49(81)69-41(29(8)70)50(82)64-33(12-10-20-61-52(58)59)44(76)63-34(17-18-38(53)72)46(78)62-32(11-9-19-60-51(56)57)45(77)65-35(42(55)74)23-30-13-15-31(71)16-14-30/h13-16,25-29,32-37,40-41,70-71H,9-12,17-24H2,1-8H3,(H2,53,72)(H2,54,73)(H2,55,74)(H,62,78)(H,63,76)(H,64,82)(H,65,77)(H,66,75)(H,67,79)(H,68,80)(H,69,81)(H4,56,57,60)(H4,58,59,61)/t28-,29+,32-,33-,34-,35-,36-,37?,40-,41-/m0/s1. The number of aromatic hydroxyl groups is 1. The molecule has 1 unspecified atom stereocenters. The zero-order valence-electron chi connectivity index (χ0n) is 48.1. The van der Waals surface area contributed by atoms with E-state index in [1.54, 1.807) is 34.6 Å². The molecule has 1 aromatic rings. The predicted molar refractivity (Wildman–Crippen MR) is 303 cm³/mol. The number of hydrogen-bond donors (Lipinski definition) is 17. The summed E-state index contributed by atoms with van der Waals surface area (Å²) in [5.41, 5.74) is 38.9. The number of guanidine groups is 2. The van der Waals surface area contributed by atoms with Crippen molar-refractivity contribution in [3.8, 4) is 5.75 Å². The highest BCUT2D eigenvalue weighted by Gasteiger charge is 2.37. The first-order valence-corrected chi connectivity index (χ1v) is 27.1. The van der Waals surface area contributed by atoms with Gasteiger partial charge in [0.05, 0.1) is 12.5 Å². The number of phenols is 1. The van der Waals surface area contributed by atoms with Gasteiger partial charge < -0.3 is 92.9 Å². The van der Waals surface area contributed by atoms with Crippen molar-refractivity contribution in [2.24, 2.45) is 73.8 Å². The third-order valence-electron chi connectivity index (χ3n) is 12.5. The van der Waals surface area contributed by atoms with E-state index in [-0.39, 0.29) is 81.1 Å². The van der Waals surface area contributed by atoms with Crippen LogP contribution in [0.4, 0.5) is 0 Å². The molecule has 0 aliphatic carbocycles.